The van der Waals surface area contributed by atoms with Gasteiger partial charge in [-0.15, -0.1) is 0 Å². The van der Waals surface area contributed by atoms with Gasteiger partial charge in [-0.25, -0.2) is 0 Å². The van der Waals surface area contributed by atoms with Crippen molar-refractivity contribution in [2.75, 3.05) is 19.6 Å². The first-order valence-corrected chi connectivity index (χ1v) is 6.72. The summed E-state index contributed by atoms with van der Waals surface area (Å²) in [5.41, 5.74) is -0.222. The first-order valence-electron chi connectivity index (χ1n) is 6.72. The molecular formula is C13H24N2O. The Morgan fingerprint density at radius 2 is 2.12 bits per heavy atom. The molecule has 2 aliphatic rings. The van der Waals surface area contributed by atoms with Gasteiger partial charge in [-0.2, -0.15) is 0 Å². The molecule has 1 unspecified atom stereocenters. The highest BCUT2D eigenvalue weighted by Gasteiger charge is 2.42. The quantitative estimate of drug-likeness (QED) is 0.775. The second-order valence-corrected chi connectivity index (χ2v) is 5.44. The zero-order chi connectivity index (χ0) is 11.6. The second-order valence-electron chi connectivity index (χ2n) is 5.44. The molecule has 2 saturated heterocycles. The Hall–Kier alpha value is -0.570. The van der Waals surface area contributed by atoms with Gasteiger partial charge in [0, 0.05) is 13.1 Å². The Morgan fingerprint density at radius 3 is 2.62 bits per heavy atom. The average Bonchev–Trinajstić information content (AvgIpc) is 2.79. The fourth-order valence-electron chi connectivity index (χ4n) is 2.96. The third-order valence-corrected chi connectivity index (χ3v) is 4.33. The smallest absolute Gasteiger partial charge is 0.242 e. The molecule has 0 saturated carbocycles. The summed E-state index contributed by atoms with van der Waals surface area (Å²) in [5, 5.41) is 3.44. The number of hydrogen-bond acceptors (Lipinski definition) is 2. The maximum absolute atomic E-state index is 12.5. The van der Waals surface area contributed by atoms with Gasteiger partial charge in [0.15, 0.2) is 0 Å². The standard InChI is InChI=1S/C13H24N2O/c1-3-13(7-4-8-14-13)12(16)15-9-5-11(2)6-10-15/h11,14H,3-10H2,1-2H3. The van der Waals surface area contributed by atoms with Crippen molar-refractivity contribution < 1.29 is 4.79 Å². The van der Waals surface area contributed by atoms with Crippen molar-refractivity contribution in [1.82, 2.24) is 10.2 Å². The molecule has 2 fully saturated rings. The van der Waals surface area contributed by atoms with Crippen LogP contribution in [-0.4, -0.2) is 36.0 Å². The Bertz CT molecular complexity index is 251. The van der Waals surface area contributed by atoms with Crippen molar-refractivity contribution >= 4 is 5.91 Å². The minimum atomic E-state index is -0.222. The summed E-state index contributed by atoms with van der Waals surface area (Å²) in [6, 6.07) is 0. The maximum Gasteiger partial charge on any atom is 0.242 e. The molecule has 0 aromatic rings. The van der Waals surface area contributed by atoms with E-state index in [0.29, 0.717) is 5.91 Å². The van der Waals surface area contributed by atoms with Crippen molar-refractivity contribution in [3.8, 4) is 0 Å². The second kappa shape index (κ2) is 4.74. The molecule has 2 aliphatic heterocycles. The molecule has 0 spiro atoms. The third kappa shape index (κ3) is 2.10. The number of amides is 1. The van der Waals surface area contributed by atoms with E-state index >= 15 is 0 Å². The van der Waals surface area contributed by atoms with Gasteiger partial charge >= 0.3 is 0 Å². The van der Waals surface area contributed by atoms with Crippen LogP contribution in [0.15, 0.2) is 0 Å². The maximum atomic E-state index is 12.5. The van der Waals surface area contributed by atoms with Gasteiger partial charge in [0.1, 0.15) is 0 Å². The van der Waals surface area contributed by atoms with Crippen LogP contribution < -0.4 is 5.32 Å². The summed E-state index contributed by atoms with van der Waals surface area (Å²) in [4.78, 5) is 14.6. The predicted octanol–water partition coefficient (Wildman–Crippen LogP) is 1.78. The zero-order valence-corrected chi connectivity index (χ0v) is 10.6. The first-order chi connectivity index (χ1) is 7.68. The first kappa shape index (κ1) is 11.9. The van der Waals surface area contributed by atoms with E-state index in [-0.39, 0.29) is 5.54 Å². The predicted molar refractivity (Wildman–Crippen MR) is 65.2 cm³/mol. The molecule has 1 N–H and O–H groups in total. The normalized spacial score (nSPS) is 32.0. The van der Waals surface area contributed by atoms with Crippen molar-refractivity contribution in [3.63, 3.8) is 0 Å². The van der Waals surface area contributed by atoms with E-state index in [9.17, 15) is 4.79 Å². The van der Waals surface area contributed by atoms with Crippen molar-refractivity contribution in [2.45, 2.75) is 51.5 Å². The monoisotopic (exact) mass is 224 g/mol. The van der Waals surface area contributed by atoms with Crippen LogP contribution in [0.3, 0.4) is 0 Å². The number of carbonyl (C=O) groups excluding carboxylic acids is 1. The van der Waals surface area contributed by atoms with Gasteiger partial charge in [-0.1, -0.05) is 13.8 Å². The summed E-state index contributed by atoms with van der Waals surface area (Å²) in [6.45, 7) is 7.34. The summed E-state index contributed by atoms with van der Waals surface area (Å²) in [6.07, 6.45) is 5.44. The molecule has 0 aromatic heterocycles. The molecular weight excluding hydrogens is 200 g/mol. The fraction of sp³-hybridized carbons (Fsp3) is 0.923. The van der Waals surface area contributed by atoms with E-state index in [1.54, 1.807) is 0 Å². The van der Waals surface area contributed by atoms with Gasteiger partial charge < -0.3 is 10.2 Å². The van der Waals surface area contributed by atoms with E-state index in [4.69, 9.17) is 0 Å². The number of likely N-dealkylation sites (tertiary alicyclic amines) is 1. The molecule has 92 valence electrons. The van der Waals surface area contributed by atoms with Crippen molar-refractivity contribution in [3.05, 3.63) is 0 Å². The van der Waals surface area contributed by atoms with Crippen molar-refractivity contribution in [1.29, 1.82) is 0 Å². The van der Waals surface area contributed by atoms with Crippen LogP contribution in [-0.2, 0) is 4.79 Å². The minimum Gasteiger partial charge on any atom is -0.341 e. The molecule has 1 atom stereocenters. The minimum absolute atomic E-state index is 0.222. The Morgan fingerprint density at radius 1 is 1.44 bits per heavy atom. The third-order valence-electron chi connectivity index (χ3n) is 4.33. The van der Waals surface area contributed by atoms with Crippen LogP contribution >= 0.6 is 0 Å². The van der Waals surface area contributed by atoms with E-state index in [1.165, 1.54) is 12.8 Å². The van der Waals surface area contributed by atoms with Crippen LogP contribution in [0.2, 0.25) is 0 Å². The number of carbonyl (C=O) groups is 1. The number of rotatable bonds is 2. The highest BCUT2D eigenvalue weighted by molar-refractivity contribution is 5.86. The van der Waals surface area contributed by atoms with Gasteiger partial charge in [0.05, 0.1) is 5.54 Å². The van der Waals surface area contributed by atoms with E-state index < -0.39 is 0 Å². The Balaban J connectivity index is 2.00. The Kier molecular flexibility index (Phi) is 3.53. The number of hydrogen-bond donors (Lipinski definition) is 1. The van der Waals surface area contributed by atoms with Gasteiger partial charge in [0.2, 0.25) is 5.91 Å². The van der Waals surface area contributed by atoms with Crippen molar-refractivity contribution in [2.24, 2.45) is 5.92 Å². The summed E-state index contributed by atoms with van der Waals surface area (Å²) < 4.78 is 0. The lowest BCUT2D eigenvalue weighted by molar-refractivity contribution is -0.139. The molecule has 3 heteroatoms. The van der Waals surface area contributed by atoms with Crippen LogP contribution in [0.1, 0.15) is 46.0 Å². The van der Waals surface area contributed by atoms with Crippen LogP contribution in [0, 0.1) is 5.92 Å². The molecule has 3 nitrogen and oxygen atoms in total. The van der Waals surface area contributed by atoms with Crippen LogP contribution in [0.4, 0.5) is 0 Å². The topological polar surface area (TPSA) is 32.3 Å². The highest BCUT2D eigenvalue weighted by Crippen LogP contribution is 2.27. The zero-order valence-electron chi connectivity index (χ0n) is 10.6. The molecule has 16 heavy (non-hydrogen) atoms. The molecule has 0 radical (unpaired) electrons. The summed E-state index contributed by atoms with van der Waals surface area (Å²) >= 11 is 0. The Labute approximate surface area is 98.6 Å². The number of nitrogens with zero attached hydrogens (tertiary/aromatic N) is 1. The fourth-order valence-corrected chi connectivity index (χ4v) is 2.96. The van der Waals surface area contributed by atoms with E-state index in [2.05, 4.69) is 24.1 Å². The number of piperidine rings is 1. The largest absolute Gasteiger partial charge is 0.341 e. The van der Waals surface area contributed by atoms with E-state index in [1.807, 2.05) is 0 Å². The summed E-state index contributed by atoms with van der Waals surface area (Å²) in [7, 11) is 0. The van der Waals surface area contributed by atoms with Gasteiger partial charge in [0.25, 0.3) is 0 Å². The number of nitrogens with one attached hydrogen (secondary N) is 1. The SMILES string of the molecule is CCC1(C(=O)N2CCC(C)CC2)CCCN1. The van der Waals surface area contributed by atoms with Gasteiger partial charge in [-0.3, -0.25) is 4.79 Å². The summed E-state index contributed by atoms with van der Waals surface area (Å²) in [5.74, 6) is 1.15. The lowest BCUT2D eigenvalue weighted by Crippen LogP contribution is -2.56. The molecule has 2 heterocycles. The van der Waals surface area contributed by atoms with E-state index in [0.717, 1.165) is 44.8 Å². The van der Waals surface area contributed by atoms with Crippen LogP contribution in [0.5, 0.6) is 0 Å². The average molecular weight is 224 g/mol. The lowest BCUT2D eigenvalue weighted by atomic mass is 9.90. The molecule has 0 bridgehead atoms. The molecule has 0 aromatic carbocycles. The highest BCUT2D eigenvalue weighted by atomic mass is 16.2. The molecule has 0 aliphatic carbocycles. The molecule has 1 amide bonds. The van der Waals surface area contributed by atoms with Crippen LogP contribution in [0.25, 0.3) is 0 Å². The van der Waals surface area contributed by atoms with Gasteiger partial charge in [-0.05, 0) is 44.6 Å². The lowest BCUT2D eigenvalue weighted by Gasteiger charge is -2.37. The molecule has 2 rings (SSSR count).